The molecule has 1 aromatic heterocycles. The first kappa shape index (κ1) is 20.8. The van der Waals surface area contributed by atoms with Gasteiger partial charge in [-0.3, -0.25) is 4.79 Å². The summed E-state index contributed by atoms with van der Waals surface area (Å²) in [6.45, 7) is 9.59. The number of Topliss-reactive ketones (excluding diaryl/α,β-unsaturated/α-hetero) is 1. The van der Waals surface area contributed by atoms with Gasteiger partial charge in [0.1, 0.15) is 11.6 Å². The molecule has 2 rings (SSSR count). The molecule has 0 spiro atoms. The normalized spacial score (nSPS) is 16.3. The van der Waals surface area contributed by atoms with E-state index in [2.05, 4.69) is 28.4 Å². The lowest BCUT2D eigenvalue weighted by Gasteiger charge is -2.26. The predicted octanol–water partition coefficient (Wildman–Crippen LogP) is 4.39. The molecule has 0 aliphatic carbocycles. The lowest BCUT2D eigenvalue weighted by molar-refractivity contribution is -0.118. The van der Waals surface area contributed by atoms with Gasteiger partial charge in [-0.1, -0.05) is 25.8 Å². The van der Waals surface area contributed by atoms with Gasteiger partial charge in [0.15, 0.2) is 0 Å². The maximum absolute atomic E-state index is 12.3. The molecular weight excluding hydrogens is 322 g/mol. The maximum atomic E-state index is 12.3. The van der Waals surface area contributed by atoms with Crippen LogP contribution in [0.3, 0.4) is 0 Å². The fourth-order valence-electron chi connectivity index (χ4n) is 3.68. The molecule has 1 atom stereocenters. The van der Waals surface area contributed by atoms with Gasteiger partial charge in [-0.25, -0.2) is 9.97 Å². The number of hydrogen-bond donors (Lipinski definition) is 0. The highest BCUT2D eigenvalue weighted by Gasteiger charge is 2.12. The van der Waals surface area contributed by atoms with Crippen LogP contribution >= 0.6 is 0 Å². The summed E-state index contributed by atoms with van der Waals surface area (Å²) in [7, 11) is 0. The standard InChI is InChI=1S/C22H35N3O/c1-3-9-19(4-2)11-12-21(26)18-20-13-14-23-22(24-20)10-8-17-25-15-6-5-7-16-25/h3,13-14,19H,1,4-12,15-18H2,2H3. The van der Waals surface area contributed by atoms with Crippen molar-refractivity contribution in [3.63, 3.8) is 0 Å². The molecule has 1 fully saturated rings. The highest BCUT2D eigenvalue weighted by atomic mass is 16.1. The van der Waals surface area contributed by atoms with E-state index in [1.54, 1.807) is 6.20 Å². The number of ketones is 1. The van der Waals surface area contributed by atoms with Crippen molar-refractivity contribution in [2.24, 2.45) is 5.92 Å². The molecule has 0 bridgehead atoms. The van der Waals surface area contributed by atoms with E-state index >= 15 is 0 Å². The molecule has 1 saturated heterocycles. The molecule has 0 amide bonds. The van der Waals surface area contributed by atoms with Crippen molar-refractivity contribution < 1.29 is 4.79 Å². The Morgan fingerprint density at radius 2 is 2.15 bits per heavy atom. The van der Waals surface area contributed by atoms with Crippen molar-refractivity contribution in [3.05, 3.63) is 36.4 Å². The molecular formula is C22H35N3O. The predicted molar refractivity (Wildman–Crippen MR) is 107 cm³/mol. The van der Waals surface area contributed by atoms with E-state index in [4.69, 9.17) is 0 Å². The van der Waals surface area contributed by atoms with E-state index in [9.17, 15) is 4.79 Å². The number of carbonyl (C=O) groups excluding carboxylic acids is 1. The monoisotopic (exact) mass is 357 g/mol. The molecule has 0 radical (unpaired) electrons. The molecule has 1 aliphatic rings. The Labute approximate surface area is 159 Å². The number of allylic oxidation sites excluding steroid dienone is 1. The van der Waals surface area contributed by atoms with Crippen LogP contribution in [-0.4, -0.2) is 40.3 Å². The summed E-state index contributed by atoms with van der Waals surface area (Å²) in [5.41, 5.74) is 0.870. The summed E-state index contributed by atoms with van der Waals surface area (Å²) < 4.78 is 0. The lowest BCUT2D eigenvalue weighted by Crippen LogP contribution is -2.30. The number of piperidine rings is 1. The number of aryl methyl sites for hydroxylation is 1. The van der Waals surface area contributed by atoms with Crippen LogP contribution in [0.5, 0.6) is 0 Å². The number of hydrogen-bond acceptors (Lipinski definition) is 4. The van der Waals surface area contributed by atoms with Gasteiger partial charge in [0.05, 0.1) is 5.69 Å². The van der Waals surface area contributed by atoms with Gasteiger partial charge in [-0.05, 0) is 63.7 Å². The van der Waals surface area contributed by atoms with Crippen LogP contribution in [0.4, 0.5) is 0 Å². The van der Waals surface area contributed by atoms with Gasteiger partial charge in [0, 0.05) is 25.5 Å². The van der Waals surface area contributed by atoms with E-state index in [0.717, 1.165) is 50.2 Å². The maximum Gasteiger partial charge on any atom is 0.138 e. The van der Waals surface area contributed by atoms with Crippen molar-refractivity contribution >= 4 is 5.78 Å². The zero-order valence-electron chi connectivity index (χ0n) is 16.5. The van der Waals surface area contributed by atoms with Gasteiger partial charge in [-0.15, -0.1) is 6.58 Å². The summed E-state index contributed by atoms with van der Waals surface area (Å²) >= 11 is 0. The van der Waals surface area contributed by atoms with E-state index in [0.29, 0.717) is 18.8 Å². The van der Waals surface area contributed by atoms with Crippen LogP contribution in [0.1, 0.15) is 69.8 Å². The summed E-state index contributed by atoms with van der Waals surface area (Å²) in [5.74, 6) is 1.74. The third-order valence-corrected chi connectivity index (χ3v) is 5.37. The Bertz CT molecular complexity index is 552. The largest absolute Gasteiger partial charge is 0.303 e. The second-order valence-corrected chi connectivity index (χ2v) is 7.52. The van der Waals surface area contributed by atoms with Crippen LogP contribution in [0.2, 0.25) is 0 Å². The van der Waals surface area contributed by atoms with Crippen molar-refractivity contribution in [3.8, 4) is 0 Å². The number of aromatic nitrogens is 2. The van der Waals surface area contributed by atoms with Crippen LogP contribution in [0.15, 0.2) is 24.9 Å². The molecule has 26 heavy (non-hydrogen) atoms. The molecule has 1 unspecified atom stereocenters. The Morgan fingerprint density at radius 1 is 1.35 bits per heavy atom. The molecule has 2 heterocycles. The SMILES string of the molecule is C=CCC(CC)CCC(=O)Cc1ccnc(CCCN2CCCCC2)n1. The highest BCUT2D eigenvalue weighted by Crippen LogP contribution is 2.16. The molecule has 0 saturated carbocycles. The van der Waals surface area contributed by atoms with Gasteiger partial charge in [0.25, 0.3) is 0 Å². The Kier molecular flexibility index (Phi) is 9.54. The van der Waals surface area contributed by atoms with E-state index in [1.165, 1.54) is 32.4 Å². The molecule has 1 aromatic rings. The lowest BCUT2D eigenvalue weighted by atomic mass is 9.94. The van der Waals surface area contributed by atoms with Crippen LogP contribution < -0.4 is 0 Å². The topological polar surface area (TPSA) is 46.1 Å². The summed E-state index contributed by atoms with van der Waals surface area (Å²) in [6.07, 6.45) is 13.9. The van der Waals surface area contributed by atoms with E-state index in [1.807, 2.05) is 12.1 Å². The molecule has 4 nitrogen and oxygen atoms in total. The first-order valence-electron chi connectivity index (χ1n) is 10.4. The minimum absolute atomic E-state index is 0.283. The molecule has 1 aliphatic heterocycles. The molecule has 0 N–H and O–H groups in total. The van der Waals surface area contributed by atoms with E-state index in [-0.39, 0.29) is 5.78 Å². The smallest absolute Gasteiger partial charge is 0.138 e. The molecule has 0 aromatic carbocycles. The van der Waals surface area contributed by atoms with Gasteiger partial charge >= 0.3 is 0 Å². The molecule has 4 heteroatoms. The van der Waals surface area contributed by atoms with Gasteiger partial charge in [0.2, 0.25) is 0 Å². The van der Waals surface area contributed by atoms with E-state index < -0.39 is 0 Å². The van der Waals surface area contributed by atoms with Gasteiger partial charge < -0.3 is 4.90 Å². The first-order valence-corrected chi connectivity index (χ1v) is 10.4. The van der Waals surface area contributed by atoms with Crippen LogP contribution in [0.25, 0.3) is 0 Å². The Morgan fingerprint density at radius 3 is 2.88 bits per heavy atom. The first-order chi connectivity index (χ1) is 12.7. The van der Waals surface area contributed by atoms with Crippen LogP contribution in [-0.2, 0) is 17.6 Å². The van der Waals surface area contributed by atoms with Crippen molar-refractivity contribution in [1.82, 2.24) is 14.9 Å². The third kappa shape index (κ3) is 7.77. The summed E-state index contributed by atoms with van der Waals surface area (Å²) in [4.78, 5) is 23.8. The van der Waals surface area contributed by atoms with Gasteiger partial charge in [-0.2, -0.15) is 0 Å². The molecule has 144 valence electrons. The fourth-order valence-corrected chi connectivity index (χ4v) is 3.68. The second kappa shape index (κ2) is 11.9. The van der Waals surface area contributed by atoms with Crippen LogP contribution in [0, 0.1) is 5.92 Å². The zero-order valence-corrected chi connectivity index (χ0v) is 16.5. The average molecular weight is 358 g/mol. The fraction of sp³-hybridized carbons (Fsp3) is 0.682. The average Bonchev–Trinajstić information content (AvgIpc) is 2.66. The number of carbonyl (C=O) groups is 1. The zero-order chi connectivity index (χ0) is 18.6. The minimum Gasteiger partial charge on any atom is -0.303 e. The summed E-state index contributed by atoms with van der Waals surface area (Å²) in [5, 5.41) is 0. The second-order valence-electron chi connectivity index (χ2n) is 7.52. The highest BCUT2D eigenvalue weighted by molar-refractivity contribution is 5.80. The third-order valence-electron chi connectivity index (χ3n) is 5.37. The summed E-state index contributed by atoms with van der Waals surface area (Å²) in [6, 6.07) is 1.88. The van der Waals surface area contributed by atoms with Crippen molar-refractivity contribution in [2.45, 2.75) is 71.1 Å². The number of nitrogens with zero attached hydrogens (tertiary/aromatic N) is 3. The Balaban J connectivity index is 1.73. The minimum atomic E-state index is 0.283. The number of rotatable bonds is 12. The quantitative estimate of drug-likeness (QED) is 0.521. The van der Waals surface area contributed by atoms with Crippen molar-refractivity contribution in [1.29, 1.82) is 0 Å². The Hall–Kier alpha value is -1.55. The van der Waals surface area contributed by atoms with Crippen molar-refractivity contribution in [2.75, 3.05) is 19.6 Å². The number of likely N-dealkylation sites (tertiary alicyclic amines) is 1.